The van der Waals surface area contributed by atoms with Crippen LogP contribution in [0, 0.1) is 12.3 Å². The molecule has 0 saturated heterocycles. The van der Waals surface area contributed by atoms with Crippen LogP contribution >= 0.6 is 15.9 Å². The molecule has 4 nitrogen and oxygen atoms in total. The molecule has 0 fully saturated rings. The molecule has 1 aromatic carbocycles. The van der Waals surface area contributed by atoms with E-state index in [1.807, 2.05) is 27.7 Å². The first-order valence-corrected chi connectivity index (χ1v) is 8.91. The van der Waals surface area contributed by atoms with Gasteiger partial charge in [0, 0.05) is 21.2 Å². The zero-order valence-electron chi connectivity index (χ0n) is 15.7. The molecule has 0 aliphatic heterocycles. The number of hydrogen-bond donors (Lipinski definition) is 2. The smallest absolute Gasteiger partial charge is 0.271 e. The Morgan fingerprint density at radius 3 is 2.20 bits per heavy atom. The average Bonchev–Trinajstić information content (AvgIpc) is 2.67. The first-order chi connectivity index (χ1) is 12.0. The summed E-state index contributed by atoms with van der Waals surface area (Å²) < 4.78 is 0.888. The lowest BCUT2D eigenvalue weighted by Gasteiger charge is -2.03. The van der Waals surface area contributed by atoms with E-state index in [0.717, 1.165) is 4.47 Å². The standard InChI is InChI=1S/C16H15BrN2O2.2C2H6/c1-4-11(3)15(20)12(5-2)10-18-19-16(21)13-6-8-14(17)9-7-13;2*1-2/h1,5-10,20H,2-3H3,(H,19,21);2*1-2H3/b12-5-,15-11-,18-10+;;. The third kappa shape index (κ3) is 9.53. The number of hydrazone groups is 1. The fourth-order valence-corrected chi connectivity index (χ4v) is 1.65. The Balaban J connectivity index is 0. The molecule has 0 aromatic heterocycles. The van der Waals surface area contributed by atoms with Gasteiger partial charge in [-0.3, -0.25) is 4.79 Å². The predicted molar refractivity (Wildman–Crippen MR) is 111 cm³/mol. The van der Waals surface area contributed by atoms with E-state index in [0.29, 0.717) is 16.7 Å². The number of rotatable bonds is 4. The predicted octanol–water partition coefficient (Wildman–Crippen LogP) is 5.63. The van der Waals surface area contributed by atoms with E-state index in [1.165, 1.54) is 6.21 Å². The van der Waals surface area contributed by atoms with E-state index >= 15 is 0 Å². The van der Waals surface area contributed by atoms with Crippen molar-refractivity contribution in [3.63, 3.8) is 0 Å². The number of aliphatic hydroxyl groups excluding tert-OH is 1. The van der Waals surface area contributed by atoms with E-state index in [9.17, 15) is 9.90 Å². The molecule has 2 N–H and O–H groups in total. The number of nitrogens with zero attached hydrogens (tertiary/aromatic N) is 1. The minimum Gasteiger partial charge on any atom is -0.506 e. The van der Waals surface area contributed by atoms with Gasteiger partial charge in [-0.05, 0) is 38.1 Å². The molecule has 25 heavy (non-hydrogen) atoms. The van der Waals surface area contributed by atoms with Crippen LogP contribution in [-0.2, 0) is 0 Å². The van der Waals surface area contributed by atoms with Gasteiger partial charge < -0.3 is 5.11 Å². The third-order valence-corrected chi connectivity index (χ3v) is 3.16. The van der Waals surface area contributed by atoms with Gasteiger partial charge >= 0.3 is 0 Å². The van der Waals surface area contributed by atoms with Crippen LogP contribution in [0.25, 0.3) is 0 Å². The second kappa shape index (κ2) is 15.2. The molecule has 0 atom stereocenters. The summed E-state index contributed by atoms with van der Waals surface area (Å²) in [5.74, 6) is 1.96. The van der Waals surface area contributed by atoms with Crippen molar-refractivity contribution < 1.29 is 9.90 Å². The molecule has 0 heterocycles. The molecule has 0 aliphatic carbocycles. The SMILES string of the molecule is C#C/C(C)=C(O)/C(=C\C)/C=N/NC(=O)c1ccc(Br)cc1.CC.CC. The highest BCUT2D eigenvalue weighted by Crippen LogP contribution is 2.11. The highest BCUT2D eigenvalue weighted by molar-refractivity contribution is 9.10. The zero-order chi connectivity index (χ0) is 19.8. The average molecular weight is 407 g/mol. The van der Waals surface area contributed by atoms with Crippen LogP contribution < -0.4 is 5.43 Å². The summed E-state index contributed by atoms with van der Waals surface area (Å²) in [5.41, 5.74) is 3.70. The quantitative estimate of drug-likeness (QED) is 0.223. The van der Waals surface area contributed by atoms with Gasteiger partial charge in [-0.2, -0.15) is 5.10 Å². The zero-order valence-corrected chi connectivity index (χ0v) is 17.3. The summed E-state index contributed by atoms with van der Waals surface area (Å²) >= 11 is 3.29. The number of allylic oxidation sites excluding steroid dienone is 3. The molecule has 0 radical (unpaired) electrons. The Morgan fingerprint density at radius 2 is 1.76 bits per heavy atom. The molecule has 1 amide bonds. The van der Waals surface area contributed by atoms with Crippen molar-refractivity contribution in [3.8, 4) is 12.3 Å². The molecule has 0 aliphatic rings. The summed E-state index contributed by atoms with van der Waals surface area (Å²) in [4.78, 5) is 11.8. The molecule has 1 rings (SSSR count). The Hall–Kier alpha value is -2.32. The van der Waals surface area contributed by atoms with E-state index < -0.39 is 0 Å². The van der Waals surface area contributed by atoms with Crippen molar-refractivity contribution in [2.45, 2.75) is 41.5 Å². The number of carbonyl (C=O) groups excluding carboxylic acids is 1. The van der Waals surface area contributed by atoms with Crippen LogP contribution in [0.1, 0.15) is 51.9 Å². The first-order valence-electron chi connectivity index (χ1n) is 8.11. The lowest BCUT2D eigenvalue weighted by atomic mass is 10.1. The van der Waals surface area contributed by atoms with Crippen molar-refractivity contribution in [2.24, 2.45) is 5.10 Å². The van der Waals surface area contributed by atoms with E-state index in [1.54, 1.807) is 44.2 Å². The second-order valence-corrected chi connectivity index (χ2v) is 4.98. The topological polar surface area (TPSA) is 61.7 Å². The van der Waals surface area contributed by atoms with Crippen molar-refractivity contribution in [2.75, 3.05) is 0 Å². The second-order valence-electron chi connectivity index (χ2n) is 4.07. The largest absolute Gasteiger partial charge is 0.506 e. The lowest BCUT2D eigenvalue weighted by Crippen LogP contribution is -2.17. The minimum absolute atomic E-state index is 0.0401. The molecular formula is C20H27BrN2O2. The van der Waals surface area contributed by atoms with Crippen molar-refractivity contribution in [1.29, 1.82) is 0 Å². The van der Waals surface area contributed by atoms with Crippen LogP contribution in [0.15, 0.2) is 56.8 Å². The molecule has 0 saturated carbocycles. The first kappa shape index (κ1) is 24.9. The van der Waals surface area contributed by atoms with Crippen LogP contribution in [0.4, 0.5) is 0 Å². The fourth-order valence-electron chi connectivity index (χ4n) is 1.38. The fraction of sp³-hybridized carbons (Fsp3) is 0.300. The molecular weight excluding hydrogens is 380 g/mol. The van der Waals surface area contributed by atoms with Gasteiger partial charge in [0.15, 0.2) is 0 Å². The van der Waals surface area contributed by atoms with E-state index in [4.69, 9.17) is 6.42 Å². The lowest BCUT2D eigenvalue weighted by molar-refractivity contribution is 0.0955. The summed E-state index contributed by atoms with van der Waals surface area (Å²) in [7, 11) is 0. The molecule has 1 aromatic rings. The van der Waals surface area contributed by atoms with Gasteiger partial charge in [-0.1, -0.05) is 55.6 Å². The molecule has 0 spiro atoms. The number of amides is 1. The van der Waals surface area contributed by atoms with Crippen molar-refractivity contribution >= 4 is 28.1 Å². The van der Waals surface area contributed by atoms with Gasteiger partial charge in [0.2, 0.25) is 0 Å². The van der Waals surface area contributed by atoms with Gasteiger partial charge in [0.1, 0.15) is 5.76 Å². The number of hydrogen-bond acceptors (Lipinski definition) is 3. The Kier molecular flexibility index (Phi) is 15.2. The van der Waals surface area contributed by atoms with Crippen molar-refractivity contribution in [3.05, 3.63) is 57.3 Å². The summed E-state index contributed by atoms with van der Waals surface area (Å²) in [6.07, 6.45) is 8.20. The minimum atomic E-state index is -0.341. The Bertz CT molecular complexity index is 651. The third-order valence-electron chi connectivity index (χ3n) is 2.63. The summed E-state index contributed by atoms with van der Waals surface area (Å²) in [5, 5.41) is 13.7. The number of terminal acetylenes is 1. The highest BCUT2D eigenvalue weighted by Gasteiger charge is 2.05. The highest BCUT2D eigenvalue weighted by atomic mass is 79.9. The molecule has 5 heteroatoms. The number of benzene rings is 1. The maximum absolute atomic E-state index is 11.8. The molecule has 136 valence electrons. The number of nitrogens with one attached hydrogen (secondary N) is 1. The number of carbonyl (C=O) groups is 1. The van der Waals surface area contributed by atoms with E-state index in [-0.39, 0.29) is 11.7 Å². The van der Waals surface area contributed by atoms with Gasteiger partial charge in [-0.25, -0.2) is 5.43 Å². The molecule has 0 bridgehead atoms. The van der Waals surface area contributed by atoms with Crippen LogP contribution in [0.2, 0.25) is 0 Å². The van der Waals surface area contributed by atoms with E-state index in [2.05, 4.69) is 32.4 Å². The van der Waals surface area contributed by atoms with Crippen LogP contribution in [0.5, 0.6) is 0 Å². The Labute approximate surface area is 159 Å². The molecule has 0 unspecified atom stereocenters. The van der Waals surface area contributed by atoms with Gasteiger partial charge in [-0.15, -0.1) is 6.42 Å². The van der Waals surface area contributed by atoms with Gasteiger partial charge in [0.25, 0.3) is 5.91 Å². The maximum atomic E-state index is 11.8. The number of halogens is 1. The summed E-state index contributed by atoms with van der Waals surface area (Å²) in [6, 6.07) is 6.87. The normalized spacial score (nSPS) is 11.2. The van der Waals surface area contributed by atoms with Crippen LogP contribution in [-0.4, -0.2) is 17.2 Å². The maximum Gasteiger partial charge on any atom is 0.271 e. The monoisotopic (exact) mass is 406 g/mol. The van der Waals surface area contributed by atoms with Crippen LogP contribution in [0.3, 0.4) is 0 Å². The Morgan fingerprint density at radius 1 is 1.24 bits per heavy atom. The number of aliphatic hydroxyl groups is 1. The van der Waals surface area contributed by atoms with Gasteiger partial charge in [0.05, 0.1) is 6.21 Å². The van der Waals surface area contributed by atoms with Crippen molar-refractivity contribution in [1.82, 2.24) is 5.43 Å². The summed E-state index contributed by atoms with van der Waals surface area (Å²) in [6.45, 7) is 11.4.